The van der Waals surface area contributed by atoms with Crippen LogP contribution in [0.25, 0.3) is 10.8 Å². The van der Waals surface area contributed by atoms with Crippen LogP contribution in [-0.4, -0.2) is 28.0 Å². The number of rotatable bonds is 4. The van der Waals surface area contributed by atoms with Gasteiger partial charge in [0.2, 0.25) is 0 Å². The van der Waals surface area contributed by atoms with Crippen LogP contribution in [0.5, 0.6) is 0 Å². The Kier molecular flexibility index (Phi) is 3.56. The molecule has 0 unspecified atom stereocenters. The third-order valence-electron chi connectivity index (χ3n) is 5.60. The Labute approximate surface area is 162 Å². The van der Waals surface area contributed by atoms with E-state index in [1.54, 1.807) is 36.4 Å². The van der Waals surface area contributed by atoms with Gasteiger partial charge in [0.05, 0.1) is 16.7 Å². The fraction of sp³-hybridized carbons (Fsp3) is 0.125. The van der Waals surface area contributed by atoms with Crippen molar-refractivity contribution in [3.8, 4) is 0 Å². The van der Waals surface area contributed by atoms with Crippen LogP contribution in [0.2, 0.25) is 0 Å². The highest BCUT2D eigenvalue weighted by Crippen LogP contribution is 2.46. The maximum absolute atomic E-state index is 12.9. The highest BCUT2D eigenvalue weighted by atomic mass is 16.2. The number of imide groups is 1. The van der Waals surface area contributed by atoms with Crippen molar-refractivity contribution in [1.82, 2.24) is 4.90 Å². The molecule has 0 saturated heterocycles. The number of fused-ring (bicyclic) bond motifs is 2. The molecule has 0 aromatic heterocycles. The molecule has 28 heavy (non-hydrogen) atoms. The average molecular weight is 367 g/mol. The van der Waals surface area contributed by atoms with Gasteiger partial charge >= 0.3 is 0 Å². The summed E-state index contributed by atoms with van der Waals surface area (Å²) >= 11 is 0. The molecule has 1 aliphatic heterocycles. The molecule has 1 heterocycles. The van der Waals surface area contributed by atoms with Crippen molar-refractivity contribution in [2.45, 2.75) is 18.4 Å². The van der Waals surface area contributed by atoms with E-state index in [2.05, 4.69) is 0 Å². The van der Waals surface area contributed by atoms with Crippen molar-refractivity contribution in [3.63, 3.8) is 0 Å². The predicted molar refractivity (Wildman–Crippen MR) is 106 cm³/mol. The molecule has 3 aromatic rings. The van der Waals surface area contributed by atoms with E-state index in [9.17, 15) is 14.4 Å². The van der Waals surface area contributed by atoms with Gasteiger partial charge in [0.15, 0.2) is 5.78 Å². The molecule has 0 atom stereocenters. The van der Waals surface area contributed by atoms with E-state index in [4.69, 9.17) is 0 Å². The van der Waals surface area contributed by atoms with Crippen LogP contribution in [0.4, 0.5) is 0 Å². The van der Waals surface area contributed by atoms with Crippen LogP contribution >= 0.6 is 0 Å². The van der Waals surface area contributed by atoms with Gasteiger partial charge in [0, 0.05) is 5.56 Å². The van der Waals surface area contributed by atoms with Crippen molar-refractivity contribution >= 4 is 28.4 Å². The molecule has 136 valence electrons. The van der Waals surface area contributed by atoms with Crippen molar-refractivity contribution in [1.29, 1.82) is 0 Å². The Morgan fingerprint density at radius 1 is 0.821 bits per heavy atom. The molecule has 4 heteroatoms. The zero-order chi connectivity index (χ0) is 19.3. The normalized spacial score (nSPS) is 17.4. The van der Waals surface area contributed by atoms with Gasteiger partial charge in [-0.1, -0.05) is 60.7 Å². The Bertz CT molecular complexity index is 1150. The first-order valence-electron chi connectivity index (χ1n) is 9.30. The summed E-state index contributed by atoms with van der Waals surface area (Å²) in [6.07, 6.45) is 4.60. The summed E-state index contributed by atoms with van der Waals surface area (Å²) in [5.41, 5.74) is 0.806. The SMILES string of the molecule is O=C(/C=C/C1(N2C(=O)c3ccccc3C2=O)CC1)c1cccc2ccccc12. The fourth-order valence-electron chi connectivity index (χ4n) is 3.95. The number of hydrogen-bond acceptors (Lipinski definition) is 3. The van der Waals surface area contributed by atoms with E-state index < -0.39 is 5.54 Å². The van der Waals surface area contributed by atoms with Crippen LogP contribution < -0.4 is 0 Å². The fourth-order valence-corrected chi connectivity index (χ4v) is 3.95. The molecule has 0 bridgehead atoms. The van der Waals surface area contributed by atoms with Gasteiger partial charge in [0.25, 0.3) is 11.8 Å². The number of carbonyl (C=O) groups is 3. The standard InChI is InChI=1S/C24H17NO3/c26-21(18-11-5-7-16-6-1-2-8-17(16)18)12-13-24(14-15-24)25-22(27)19-9-3-4-10-20(19)23(25)28/h1-13H,14-15H2/b13-12+. The smallest absolute Gasteiger partial charge is 0.262 e. The van der Waals surface area contributed by atoms with Gasteiger partial charge in [-0.3, -0.25) is 19.3 Å². The molecule has 2 aliphatic rings. The molecular weight excluding hydrogens is 350 g/mol. The number of amides is 2. The molecule has 0 radical (unpaired) electrons. The van der Waals surface area contributed by atoms with Crippen LogP contribution in [0.15, 0.2) is 78.9 Å². The lowest BCUT2D eigenvalue weighted by Gasteiger charge is -2.22. The van der Waals surface area contributed by atoms with Gasteiger partial charge in [-0.25, -0.2) is 0 Å². The number of benzene rings is 3. The Balaban J connectivity index is 1.46. The van der Waals surface area contributed by atoms with Crippen molar-refractivity contribution < 1.29 is 14.4 Å². The third kappa shape index (κ3) is 2.42. The van der Waals surface area contributed by atoms with Crippen LogP contribution in [0, 0.1) is 0 Å². The number of carbonyl (C=O) groups excluding carboxylic acids is 3. The van der Waals surface area contributed by atoms with Crippen LogP contribution in [0.1, 0.15) is 43.9 Å². The molecule has 4 nitrogen and oxygen atoms in total. The molecule has 1 aliphatic carbocycles. The summed E-state index contributed by atoms with van der Waals surface area (Å²) in [4.78, 5) is 39.7. The largest absolute Gasteiger partial charge is 0.289 e. The monoisotopic (exact) mass is 367 g/mol. The van der Waals surface area contributed by atoms with E-state index in [0.29, 0.717) is 29.5 Å². The first kappa shape index (κ1) is 16.6. The third-order valence-corrected chi connectivity index (χ3v) is 5.60. The van der Waals surface area contributed by atoms with E-state index >= 15 is 0 Å². The maximum atomic E-state index is 12.9. The number of hydrogen-bond donors (Lipinski definition) is 0. The maximum Gasteiger partial charge on any atom is 0.262 e. The van der Waals surface area contributed by atoms with E-state index in [0.717, 1.165) is 10.8 Å². The van der Waals surface area contributed by atoms with Gasteiger partial charge in [-0.05, 0) is 41.8 Å². The minimum Gasteiger partial charge on any atom is -0.289 e. The number of allylic oxidation sites excluding steroid dienone is 1. The predicted octanol–water partition coefficient (Wildman–Crippen LogP) is 4.41. The summed E-state index contributed by atoms with van der Waals surface area (Å²) in [6, 6.07) is 20.2. The Morgan fingerprint density at radius 2 is 1.43 bits per heavy atom. The molecule has 0 N–H and O–H groups in total. The van der Waals surface area contributed by atoms with Crippen molar-refractivity contribution in [2.24, 2.45) is 0 Å². The molecule has 3 aromatic carbocycles. The first-order valence-corrected chi connectivity index (χ1v) is 9.30. The topological polar surface area (TPSA) is 54.5 Å². The zero-order valence-corrected chi connectivity index (χ0v) is 15.1. The molecule has 5 rings (SSSR count). The first-order chi connectivity index (χ1) is 13.6. The lowest BCUT2D eigenvalue weighted by atomic mass is 10.0. The highest BCUT2D eigenvalue weighted by molar-refractivity contribution is 6.22. The lowest BCUT2D eigenvalue weighted by Crippen LogP contribution is -2.40. The Hall–Kier alpha value is -3.53. The van der Waals surface area contributed by atoms with E-state index in [1.165, 1.54) is 11.0 Å². The second-order valence-corrected chi connectivity index (χ2v) is 7.32. The van der Waals surface area contributed by atoms with E-state index in [-0.39, 0.29) is 17.6 Å². The van der Waals surface area contributed by atoms with Gasteiger partial charge < -0.3 is 0 Å². The van der Waals surface area contributed by atoms with Crippen LogP contribution in [-0.2, 0) is 0 Å². The molecule has 0 spiro atoms. The minimum absolute atomic E-state index is 0.125. The van der Waals surface area contributed by atoms with Gasteiger partial charge in [-0.2, -0.15) is 0 Å². The molecule has 1 saturated carbocycles. The second-order valence-electron chi connectivity index (χ2n) is 7.32. The highest BCUT2D eigenvalue weighted by Gasteiger charge is 2.54. The lowest BCUT2D eigenvalue weighted by molar-refractivity contribution is 0.0596. The van der Waals surface area contributed by atoms with E-state index in [1.807, 2.05) is 36.4 Å². The van der Waals surface area contributed by atoms with Crippen molar-refractivity contribution in [3.05, 3.63) is 95.6 Å². The quantitative estimate of drug-likeness (QED) is 0.390. The Morgan fingerprint density at radius 3 is 2.11 bits per heavy atom. The molecule has 2 amide bonds. The number of ketones is 1. The zero-order valence-electron chi connectivity index (χ0n) is 15.1. The van der Waals surface area contributed by atoms with Gasteiger partial charge in [0.1, 0.15) is 0 Å². The average Bonchev–Trinajstić information content (AvgIpc) is 3.47. The summed E-state index contributed by atoms with van der Waals surface area (Å²) in [5, 5.41) is 1.90. The minimum atomic E-state index is -0.687. The summed E-state index contributed by atoms with van der Waals surface area (Å²) in [7, 11) is 0. The number of nitrogens with zero attached hydrogens (tertiary/aromatic N) is 1. The summed E-state index contributed by atoms with van der Waals surface area (Å²) < 4.78 is 0. The van der Waals surface area contributed by atoms with Gasteiger partial charge in [-0.15, -0.1) is 0 Å². The molecular formula is C24H17NO3. The second kappa shape index (κ2) is 5.99. The summed E-state index contributed by atoms with van der Waals surface area (Å²) in [5.74, 6) is -0.680. The van der Waals surface area contributed by atoms with Crippen molar-refractivity contribution in [2.75, 3.05) is 0 Å². The molecule has 1 fully saturated rings. The summed E-state index contributed by atoms with van der Waals surface area (Å²) in [6.45, 7) is 0. The van der Waals surface area contributed by atoms with Crippen LogP contribution in [0.3, 0.4) is 0 Å².